The summed E-state index contributed by atoms with van der Waals surface area (Å²) in [6.07, 6.45) is 6.05. The highest BCUT2D eigenvalue weighted by Gasteiger charge is 2.22. The van der Waals surface area contributed by atoms with E-state index < -0.39 is 6.03 Å². The third kappa shape index (κ3) is 5.32. The molecule has 1 aromatic carbocycles. The average molecular weight is 368 g/mol. The SMILES string of the molecule is CC(C)C1CCN(c2ncc(Nc3ccc(CNC(N)=O)cc3)cn2)CC1. The Kier molecular flexibility index (Phi) is 6.11. The lowest BCUT2D eigenvalue weighted by atomic mass is 9.87. The van der Waals surface area contributed by atoms with Crippen LogP contribution in [0, 0.1) is 11.8 Å². The zero-order valence-electron chi connectivity index (χ0n) is 16.0. The molecule has 2 amide bonds. The van der Waals surface area contributed by atoms with Crippen LogP contribution in [0.3, 0.4) is 0 Å². The Morgan fingerprint density at radius 2 is 1.78 bits per heavy atom. The highest BCUT2D eigenvalue weighted by Crippen LogP contribution is 2.26. The number of piperidine rings is 1. The Morgan fingerprint density at radius 3 is 2.33 bits per heavy atom. The first-order valence-electron chi connectivity index (χ1n) is 9.47. The van der Waals surface area contributed by atoms with E-state index >= 15 is 0 Å². The molecule has 0 saturated carbocycles. The number of primary amides is 1. The van der Waals surface area contributed by atoms with Crippen LogP contribution in [0.15, 0.2) is 36.7 Å². The fourth-order valence-corrected chi connectivity index (χ4v) is 3.38. The van der Waals surface area contributed by atoms with Crippen molar-refractivity contribution in [3.8, 4) is 0 Å². The minimum atomic E-state index is -0.525. The number of anilines is 3. The number of hydrogen-bond acceptors (Lipinski definition) is 5. The first-order chi connectivity index (χ1) is 13.0. The highest BCUT2D eigenvalue weighted by molar-refractivity contribution is 5.71. The monoisotopic (exact) mass is 368 g/mol. The Labute approximate surface area is 160 Å². The third-order valence-electron chi connectivity index (χ3n) is 5.11. The Morgan fingerprint density at radius 1 is 1.15 bits per heavy atom. The number of aromatic nitrogens is 2. The first-order valence-corrected chi connectivity index (χ1v) is 9.47. The van der Waals surface area contributed by atoms with Gasteiger partial charge < -0.3 is 21.3 Å². The van der Waals surface area contributed by atoms with E-state index in [1.165, 1.54) is 12.8 Å². The van der Waals surface area contributed by atoms with Gasteiger partial charge in [0.15, 0.2) is 0 Å². The van der Waals surface area contributed by atoms with Crippen molar-refractivity contribution >= 4 is 23.4 Å². The van der Waals surface area contributed by atoms with E-state index in [1.807, 2.05) is 36.7 Å². The number of amides is 2. The van der Waals surface area contributed by atoms with Crippen molar-refractivity contribution in [3.63, 3.8) is 0 Å². The predicted octanol–water partition coefficient (Wildman–Crippen LogP) is 3.26. The van der Waals surface area contributed by atoms with Gasteiger partial charge in [-0.05, 0) is 42.4 Å². The zero-order chi connectivity index (χ0) is 19.2. The van der Waals surface area contributed by atoms with Crippen LogP contribution in [0.1, 0.15) is 32.3 Å². The molecule has 7 heteroatoms. The number of carbonyl (C=O) groups is 1. The molecule has 3 rings (SSSR count). The van der Waals surface area contributed by atoms with Crippen LogP contribution >= 0.6 is 0 Å². The molecule has 27 heavy (non-hydrogen) atoms. The largest absolute Gasteiger partial charge is 0.353 e. The fourth-order valence-electron chi connectivity index (χ4n) is 3.38. The molecule has 1 aliphatic rings. The number of nitrogens with two attached hydrogens (primary N) is 1. The summed E-state index contributed by atoms with van der Waals surface area (Å²) in [5.74, 6) is 2.36. The lowest BCUT2D eigenvalue weighted by Gasteiger charge is -2.33. The number of benzene rings is 1. The zero-order valence-corrected chi connectivity index (χ0v) is 16.0. The lowest BCUT2D eigenvalue weighted by Crippen LogP contribution is -2.36. The standard InChI is InChI=1S/C20H28N6O/c1-14(2)16-7-9-26(10-8-16)20-23-12-18(13-24-20)25-17-5-3-15(4-6-17)11-22-19(21)27/h3-6,12-14,16,25H,7-11H2,1-2H3,(H3,21,22,27). The van der Waals surface area contributed by atoms with E-state index in [0.29, 0.717) is 6.54 Å². The quantitative estimate of drug-likeness (QED) is 0.727. The van der Waals surface area contributed by atoms with Gasteiger partial charge in [-0.2, -0.15) is 0 Å². The molecule has 0 atom stereocenters. The van der Waals surface area contributed by atoms with E-state index in [2.05, 4.69) is 39.3 Å². The molecule has 0 spiro atoms. The molecule has 0 unspecified atom stereocenters. The summed E-state index contributed by atoms with van der Waals surface area (Å²) in [5, 5.41) is 5.86. The minimum absolute atomic E-state index is 0.418. The van der Waals surface area contributed by atoms with Crippen LogP contribution in [0.25, 0.3) is 0 Å². The summed E-state index contributed by atoms with van der Waals surface area (Å²) < 4.78 is 0. The first kappa shape index (κ1) is 18.9. The van der Waals surface area contributed by atoms with E-state index in [9.17, 15) is 4.79 Å². The van der Waals surface area contributed by atoms with Gasteiger partial charge in [0.05, 0.1) is 18.1 Å². The van der Waals surface area contributed by atoms with Crippen molar-refractivity contribution in [3.05, 3.63) is 42.2 Å². The van der Waals surface area contributed by atoms with Crippen LogP contribution in [0.5, 0.6) is 0 Å². The van der Waals surface area contributed by atoms with E-state index in [4.69, 9.17) is 5.73 Å². The summed E-state index contributed by atoms with van der Waals surface area (Å²) in [4.78, 5) is 22.1. The van der Waals surface area contributed by atoms with Gasteiger partial charge in [-0.15, -0.1) is 0 Å². The van der Waals surface area contributed by atoms with Crippen molar-refractivity contribution in [2.24, 2.45) is 17.6 Å². The van der Waals surface area contributed by atoms with Crippen LogP contribution in [-0.4, -0.2) is 29.1 Å². The molecule has 2 aromatic rings. The predicted molar refractivity (Wildman–Crippen MR) is 108 cm³/mol. The summed E-state index contributed by atoms with van der Waals surface area (Å²) in [6, 6.07) is 7.24. The second kappa shape index (κ2) is 8.70. The fraction of sp³-hybridized carbons (Fsp3) is 0.450. The van der Waals surface area contributed by atoms with Crippen molar-refractivity contribution in [2.75, 3.05) is 23.3 Å². The Hall–Kier alpha value is -2.83. The Bertz CT molecular complexity index is 736. The number of nitrogens with one attached hydrogen (secondary N) is 2. The number of nitrogens with zero attached hydrogens (tertiary/aromatic N) is 3. The molecular weight excluding hydrogens is 340 g/mol. The minimum Gasteiger partial charge on any atom is -0.353 e. The van der Waals surface area contributed by atoms with Gasteiger partial charge in [-0.1, -0.05) is 26.0 Å². The number of hydrogen-bond donors (Lipinski definition) is 3. The molecule has 1 saturated heterocycles. The molecule has 1 aliphatic heterocycles. The van der Waals surface area contributed by atoms with Gasteiger partial charge in [0, 0.05) is 25.3 Å². The van der Waals surface area contributed by atoms with Gasteiger partial charge in [0.1, 0.15) is 0 Å². The van der Waals surface area contributed by atoms with Crippen LogP contribution < -0.4 is 21.3 Å². The van der Waals surface area contributed by atoms with Gasteiger partial charge in [0.2, 0.25) is 5.95 Å². The second-order valence-electron chi connectivity index (χ2n) is 7.38. The molecule has 4 N–H and O–H groups in total. The summed E-state index contributed by atoms with van der Waals surface area (Å²) >= 11 is 0. The van der Waals surface area contributed by atoms with Crippen molar-refractivity contribution in [1.82, 2.24) is 15.3 Å². The average Bonchev–Trinajstić information content (AvgIpc) is 2.68. The molecule has 144 valence electrons. The second-order valence-corrected chi connectivity index (χ2v) is 7.38. The number of urea groups is 1. The summed E-state index contributed by atoms with van der Waals surface area (Å²) in [7, 11) is 0. The molecule has 1 aromatic heterocycles. The maximum atomic E-state index is 10.7. The van der Waals surface area contributed by atoms with Gasteiger partial charge in [-0.25, -0.2) is 14.8 Å². The topological polar surface area (TPSA) is 96.2 Å². The van der Waals surface area contributed by atoms with Gasteiger partial charge in [-0.3, -0.25) is 0 Å². The molecule has 1 fully saturated rings. The van der Waals surface area contributed by atoms with Crippen LogP contribution in [-0.2, 0) is 6.54 Å². The molecular formula is C20H28N6O. The maximum absolute atomic E-state index is 10.7. The molecule has 0 aliphatic carbocycles. The summed E-state index contributed by atoms with van der Waals surface area (Å²) in [6.45, 7) is 7.07. The van der Waals surface area contributed by atoms with Crippen molar-refractivity contribution in [1.29, 1.82) is 0 Å². The number of rotatable bonds is 6. The Balaban J connectivity index is 1.54. The lowest BCUT2D eigenvalue weighted by molar-refractivity contribution is 0.248. The maximum Gasteiger partial charge on any atom is 0.312 e. The molecule has 0 radical (unpaired) electrons. The van der Waals surface area contributed by atoms with E-state index in [0.717, 1.165) is 47.8 Å². The van der Waals surface area contributed by atoms with Crippen molar-refractivity contribution in [2.45, 2.75) is 33.2 Å². The van der Waals surface area contributed by atoms with Gasteiger partial charge >= 0.3 is 6.03 Å². The van der Waals surface area contributed by atoms with E-state index in [-0.39, 0.29) is 0 Å². The van der Waals surface area contributed by atoms with Crippen LogP contribution in [0.4, 0.5) is 22.1 Å². The van der Waals surface area contributed by atoms with E-state index in [1.54, 1.807) is 0 Å². The third-order valence-corrected chi connectivity index (χ3v) is 5.11. The normalized spacial score (nSPS) is 15.0. The molecule has 2 heterocycles. The molecule has 7 nitrogen and oxygen atoms in total. The highest BCUT2D eigenvalue weighted by atomic mass is 16.2. The number of carbonyl (C=O) groups excluding carboxylic acids is 1. The van der Waals surface area contributed by atoms with Crippen molar-refractivity contribution < 1.29 is 4.79 Å². The molecule has 0 bridgehead atoms. The smallest absolute Gasteiger partial charge is 0.312 e. The summed E-state index contributed by atoms with van der Waals surface area (Å²) in [5.41, 5.74) is 7.84. The van der Waals surface area contributed by atoms with Gasteiger partial charge in [0.25, 0.3) is 0 Å². The van der Waals surface area contributed by atoms with Crippen LogP contribution in [0.2, 0.25) is 0 Å².